The van der Waals surface area contributed by atoms with Gasteiger partial charge in [0.15, 0.2) is 10.4 Å². The number of carbonyl (C=O) groups excluding carboxylic acids is 2. The van der Waals surface area contributed by atoms with Gasteiger partial charge in [-0.3, -0.25) is 14.2 Å². The first kappa shape index (κ1) is 36.0. The van der Waals surface area contributed by atoms with Crippen molar-refractivity contribution in [1.29, 1.82) is 0 Å². The van der Waals surface area contributed by atoms with Crippen LogP contribution in [-0.2, 0) is 27.6 Å². The number of allylic oxidation sites excluding steroid dienone is 1. The molecular formula is C28H51BrN4O4SSi. The maximum Gasteiger partial charge on any atom is 0.271 e. The summed E-state index contributed by atoms with van der Waals surface area (Å²) in [5, 5.41) is 2.98. The molecule has 11 heteroatoms. The summed E-state index contributed by atoms with van der Waals surface area (Å²) in [6.07, 6.45) is 7.72. The fraction of sp³-hybridized carbons (Fsp3) is 0.750. The summed E-state index contributed by atoms with van der Waals surface area (Å²) in [5.41, 5.74) is 0.970. The van der Waals surface area contributed by atoms with Crippen LogP contribution in [0.4, 0.5) is 0 Å². The molecule has 8 nitrogen and oxygen atoms in total. The quantitative estimate of drug-likeness (QED) is 0.0708. The molecule has 0 aliphatic heterocycles. The van der Waals surface area contributed by atoms with Crippen LogP contribution in [0.25, 0.3) is 0 Å². The number of nitrogens with zero attached hydrogens (tertiary/aromatic N) is 2. The number of amides is 1. The van der Waals surface area contributed by atoms with Crippen molar-refractivity contribution in [1.82, 2.24) is 19.6 Å². The van der Waals surface area contributed by atoms with Gasteiger partial charge in [0.1, 0.15) is 17.3 Å². The molecule has 1 amide bonds. The van der Waals surface area contributed by atoms with Gasteiger partial charge in [-0.2, -0.15) is 0 Å². The van der Waals surface area contributed by atoms with Crippen LogP contribution in [-0.4, -0.2) is 51.8 Å². The summed E-state index contributed by atoms with van der Waals surface area (Å²) in [5.74, 6) is 0.00360. The molecule has 1 heterocycles. The van der Waals surface area contributed by atoms with Crippen LogP contribution in [0.3, 0.4) is 0 Å². The number of ketones is 1. The van der Waals surface area contributed by atoms with Crippen molar-refractivity contribution in [3.8, 4) is 0 Å². The Bertz CT molecular complexity index is 915. The number of aromatic nitrogens is 2. The third-order valence-electron chi connectivity index (χ3n) is 6.24. The van der Waals surface area contributed by atoms with Crippen LogP contribution in [0.5, 0.6) is 0 Å². The Morgan fingerprint density at radius 1 is 1.23 bits per heavy atom. The molecule has 0 bridgehead atoms. The number of rotatable bonds is 20. The number of imidazole rings is 1. The van der Waals surface area contributed by atoms with E-state index in [1.54, 1.807) is 0 Å². The van der Waals surface area contributed by atoms with Crippen LogP contribution in [0.2, 0.25) is 25.7 Å². The van der Waals surface area contributed by atoms with Gasteiger partial charge < -0.3 is 14.6 Å². The largest absolute Gasteiger partial charge is 0.598 e. The van der Waals surface area contributed by atoms with Gasteiger partial charge in [0, 0.05) is 45.4 Å². The van der Waals surface area contributed by atoms with Gasteiger partial charge in [-0.1, -0.05) is 45.5 Å². The average Bonchev–Trinajstić information content (AvgIpc) is 3.17. The number of carbonyl (C=O) groups is 2. The van der Waals surface area contributed by atoms with E-state index in [2.05, 4.69) is 57.2 Å². The van der Waals surface area contributed by atoms with Gasteiger partial charge in [-0.25, -0.2) is 4.98 Å². The first-order valence-electron chi connectivity index (χ1n) is 14.1. The number of hydrogen-bond acceptors (Lipinski definition) is 6. The van der Waals surface area contributed by atoms with E-state index in [4.69, 9.17) is 4.74 Å². The summed E-state index contributed by atoms with van der Waals surface area (Å²) in [7, 11) is -1.27. The number of Topliss-reactive ketones (excluding diaryl/α,β-unsaturated/α-hetero) is 1. The van der Waals surface area contributed by atoms with Gasteiger partial charge in [-0.05, 0) is 68.4 Å². The summed E-state index contributed by atoms with van der Waals surface area (Å²) in [4.78, 5) is 29.7. The predicted octanol–water partition coefficient (Wildman–Crippen LogP) is 6.68. The van der Waals surface area contributed by atoms with Crippen molar-refractivity contribution in [2.24, 2.45) is 0 Å². The van der Waals surface area contributed by atoms with E-state index in [-0.39, 0.29) is 24.5 Å². The molecule has 0 aliphatic carbocycles. The highest BCUT2D eigenvalue weighted by Crippen LogP contribution is 2.30. The van der Waals surface area contributed by atoms with Gasteiger partial charge >= 0.3 is 0 Å². The van der Waals surface area contributed by atoms with Crippen molar-refractivity contribution < 1.29 is 18.9 Å². The second-order valence-corrected chi connectivity index (χ2v) is 20.4. The van der Waals surface area contributed by atoms with Gasteiger partial charge in [0.2, 0.25) is 0 Å². The van der Waals surface area contributed by atoms with E-state index < -0.39 is 24.2 Å². The summed E-state index contributed by atoms with van der Waals surface area (Å²) < 4.78 is 24.5. The van der Waals surface area contributed by atoms with Gasteiger partial charge in [-0.15, -0.1) is 11.3 Å². The minimum absolute atomic E-state index is 0.239. The Kier molecular flexibility index (Phi) is 16.4. The van der Waals surface area contributed by atoms with Gasteiger partial charge in [0.25, 0.3) is 5.91 Å². The molecular weight excluding hydrogens is 596 g/mol. The normalized spacial score (nSPS) is 13.8. The monoisotopic (exact) mass is 646 g/mol. The number of hydrogen-bond donors (Lipinski definition) is 2. The highest BCUT2D eigenvalue weighted by molar-refractivity contribution is 9.10. The van der Waals surface area contributed by atoms with E-state index >= 15 is 0 Å². The van der Waals surface area contributed by atoms with E-state index in [1.165, 1.54) is 0 Å². The SMILES string of the molecule is C=CCCCNC(=O)c1nc(Br)n(COCC[Si](C)(C)C)c1C(CCCCCC(=O)CC)N[S+]([O-])C(C)(C)C. The molecule has 0 fully saturated rings. The molecule has 2 atom stereocenters. The fourth-order valence-electron chi connectivity index (χ4n) is 3.73. The maximum absolute atomic E-state index is 13.3. The van der Waals surface area contributed by atoms with E-state index in [9.17, 15) is 14.1 Å². The zero-order chi connectivity index (χ0) is 29.6. The highest BCUT2D eigenvalue weighted by Gasteiger charge is 2.34. The zero-order valence-electron chi connectivity index (χ0n) is 25.2. The number of ether oxygens (including phenoxy) is 1. The van der Waals surface area contributed by atoms with Gasteiger partial charge in [0.05, 0.1) is 11.7 Å². The lowest BCUT2D eigenvalue weighted by Crippen LogP contribution is -2.42. The topological polar surface area (TPSA) is 108 Å². The van der Waals surface area contributed by atoms with Crippen LogP contribution < -0.4 is 10.0 Å². The molecule has 0 aromatic carbocycles. The molecule has 0 spiro atoms. The number of halogens is 1. The lowest BCUT2D eigenvalue weighted by Gasteiger charge is -2.29. The molecule has 0 saturated carbocycles. The third kappa shape index (κ3) is 14.0. The summed E-state index contributed by atoms with van der Waals surface area (Å²) in [6.45, 7) is 19.7. The Balaban J connectivity index is 3.30. The second-order valence-electron chi connectivity index (χ2n) is 12.1. The molecule has 0 saturated heterocycles. The van der Waals surface area contributed by atoms with Crippen LogP contribution >= 0.6 is 15.9 Å². The standard InChI is InChI=1S/C28H51BrN4O4SSi/c1-9-11-15-18-30-26(35)24-25(33(27(29)31-24)21-37-19-20-39(6,7)8)23(32-38(36)28(3,4)5)17-14-12-13-16-22(34)10-2/h9,23,32H,1,10-21H2,2-8H3,(H,30,35). The fourth-order valence-corrected chi connectivity index (χ4v) is 5.80. The summed E-state index contributed by atoms with van der Waals surface area (Å²) >= 11 is 2.19. The predicted molar refractivity (Wildman–Crippen MR) is 168 cm³/mol. The Hall–Kier alpha value is -0.983. The number of unbranched alkanes of at least 4 members (excludes halogenated alkanes) is 3. The molecule has 0 aliphatic rings. The molecule has 1 aromatic rings. The van der Waals surface area contributed by atoms with Crippen molar-refractivity contribution >= 4 is 47.1 Å². The third-order valence-corrected chi connectivity index (χ3v) is 10.2. The van der Waals surface area contributed by atoms with E-state index in [0.717, 1.165) is 38.1 Å². The molecule has 2 unspecified atom stereocenters. The first-order chi connectivity index (χ1) is 18.2. The molecule has 39 heavy (non-hydrogen) atoms. The molecule has 2 N–H and O–H groups in total. The van der Waals surface area contributed by atoms with Crippen LogP contribution in [0.15, 0.2) is 17.4 Å². The van der Waals surface area contributed by atoms with E-state index in [1.807, 2.05) is 38.3 Å². The van der Waals surface area contributed by atoms with Crippen molar-refractivity contribution in [3.05, 3.63) is 28.8 Å². The number of nitrogens with one attached hydrogen (secondary N) is 2. The smallest absolute Gasteiger partial charge is 0.271 e. The van der Waals surface area contributed by atoms with Crippen molar-refractivity contribution in [2.75, 3.05) is 13.2 Å². The lowest BCUT2D eigenvalue weighted by atomic mass is 10.0. The van der Waals surface area contributed by atoms with E-state index in [0.29, 0.717) is 48.5 Å². The minimum Gasteiger partial charge on any atom is -0.598 e. The molecule has 224 valence electrons. The Labute approximate surface area is 249 Å². The first-order valence-corrected chi connectivity index (χ1v) is 19.8. The molecule has 1 aromatic heterocycles. The minimum atomic E-state index is -1.37. The van der Waals surface area contributed by atoms with Crippen molar-refractivity contribution in [2.45, 2.75) is 122 Å². The second kappa shape index (κ2) is 17.7. The zero-order valence-corrected chi connectivity index (χ0v) is 28.6. The van der Waals surface area contributed by atoms with Crippen LogP contribution in [0.1, 0.15) is 101 Å². The Morgan fingerprint density at radius 2 is 1.92 bits per heavy atom. The Morgan fingerprint density at radius 3 is 2.51 bits per heavy atom. The maximum atomic E-state index is 13.3. The lowest BCUT2D eigenvalue weighted by molar-refractivity contribution is -0.118. The molecule has 1 rings (SSSR count). The van der Waals surface area contributed by atoms with Crippen LogP contribution in [0, 0.1) is 0 Å². The molecule has 0 radical (unpaired) electrons. The summed E-state index contributed by atoms with van der Waals surface area (Å²) in [6, 6.07) is 0.637. The average molecular weight is 648 g/mol. The highest BCUT2D eigenvalue weighted by atomic mass is 79.9. The van der Waals surface area contributed by atoms with Crippen molar-refractivity contribution in [3.63, 3.8) is 0 Å².